The fourth-order valence-corrected chi connectivity index (χ4v) is 3.12. The van der Waals surface area contributed by atoms with Gasteiger partial charge in [-0.3, -0.25) is 9.48 Å². The van der Waals surface area contributed by atoms with Crippen molar-refractivity contribution in [2.75, 3.05) is 5.75 Å². The molecule has 0 aliphatic heterocycles. The summed E-state index contributed by atoms with van der Waals surface area (Å²) < 4.78 is 15.5. The first kappa shape index (κ1) is 15.3. The fourth-order valence-electron chi connectivity index (χ4n) is 1.80. The van der Waals surface area contributed by atoms with E-state index in [-0.39, 0.29) is 17.4 Å². The first-order valence-corrected chi connectivity index (χ1v) is 8.02. The second-order valence-corrected chi connectivity index (χ2v) is 6.14. The van der Waals surface area contributed by atoms with Gasteiger partial charge in [-0.25, -0.2) is 4.39 Å². The van der Waals surface area contributed by atoms with Gasteiger partial charge in [0.05, 0.1) is 16.4 Å². The van der Waals surface area contributed by atoms with Crippen LogP contribution in [0.15, 0.2) is 39.8 Å². The Kier molecular flexibility index (Phi) is 5.37. The number of Topliss-reactive ketones (excluding diaryl/α,β-unsaturated/α-hetero) is 1. The number of aryl methyl sites for hydroxylation is 1. The number of aromatic nitrogens is 2. The highest BCUT2D eigenvalue weighted by Gasteiger charge is 2.17. The molecule has 0 unspecified atom stereocenters. The number of nitrogens with zero attached hydrogens (tertiary/aromatic N) is 2. The van der Waals surface area contributed by atoms with Gasteiger partial charge in [-0.05, 0) is 40.5 Å². The average molecular weight is 357 g/mol. The summed E-state index contributed by atoms with van der Waals surface area (Å²) in [6.45, 7) is 2.74. The number of carbonyl (C=O) groups excluding carboxylic acids is 1. The van der Waals surface area contributed by atoms with E-state index in [1.54, 1.807) is 23.0 Å². The van der Waals surface area contributed by atoms with E-state index in [9.17, 15) is 9.18 Å². The molecule has 0 amide bonds. The number of hydrogen-bond donors (Lipinski definition) is 0. The lowest BCUT2D eigenvalue weighted by Crippen LogP contribution is -2.12. The predicted octanol–water partition coefficient (Wildman–Crippen LogP) is 4.17. The predicted molar refractivity (Wildman–Crippen MR) is 81.7 cm³/mol. The number of rotatable bonds is 6. The number of carbonyl (C=O) groups is 1. The Morgan fingerprint density at radius 2 is 2.30 bits per heavy atom. The molecule has 0 bridgehead atoms. The maximum atomic E-state index is 13.1. The zero-order valence-electron chi connectivity index (χ0n) is 11.0. The molecule has 3 nitrogen and oxygen atoms in total. The molecule has 1 aromatic heterocycles. The van der Waals surface area contributed by atoms with Crippen molar-refractivity contribution in [1.82, 2.24) is 9.78 Å². The highest BCUT2D eigenvalue weighted by Crippen LogP contribution is 2.23. The van der Waals surface area contributed by atoms with Gasteiger partial charge in [-0.2, -0.15) is 5.10 Å². The molecule has 2 aromatic rings. The number of benzene rings is 1. The molecule has 0 radical (unpaired) electrons. The van der Waals surface area contributed by atoms with Gasteiger partial charge in [-0.15, -0.1) is 11.8 Å². The average Bonchev–Trinajstić information content (AvgIpc) is 2.78. The van der Waals surface area contributed by atoms with E-state index in [1.807, 2.05) is 6.92 Å². The summed E-state index contributed by atoms with van der Waals surface area (Å²) in [5.74, 6) is -0.0472. The molecule has 1 aromatic carbocycles. The highest BCUT2D eigenvalue weighted by molar-refractivity contribution is 9.10. The van der Waals surface area contributed by atoms with Gasteiger partial charge in [-0.1, -0.05) is 13.0 Å². The number of thioether (sulfide) groups is 1. The quantitative estimate of drug-likeness (QED) is 0.575. The molecule has 0 aliphatic rings. The van der Waals surface area contributed by atoms with Crippen molar-refractivity contribution in [3.63, 3.8) is 0 Å². The number of ketones is 1. The lowest BCUT2D eigenvalue weighted by Gasteiger charge is -2.06. The minimum absolute atomic E-state index is 0.0166. The summed E-state index contributed by atoms with van der Waals surface area (Å²) >= 11 is 4.68. The van der Waals surface area contributed by atoms with E-state index in [0.717, 1.165) is 11.3 Å². The minimum atomic E-state index is -0.292. The molecular formula is C14H14BrFN2OS. The molecule has 106 valence electrons. The zero-order chi connectivity index (χ0) is 14.5. The molecular weight excluding hydrogens is 343 g/mol. The van der Waals surface area contributed by atoms with Crippen LogP contribution in [0.3, 0.4) is 0 Å². The van der Waals surface area contributed by atoms with E-state index < -0.39 is 0 Å². The SMILES string of the molecule is CCCn1ncc(Br)c1C(=O)CSc1cccc(F)c1. The second-order valence-electron chi connectivity index (χ2n) is 4.23. The summed E-state index contributed by atoms with van der Waals surface area (Å²) in [5.41, 5.74) is 0.579. The Balaban J connectivity index is 2.07. The molecule has 0 atom stereocenters. The van der Waals surface area contributed by atoms with E-state index in [0.29, 0.717) is 16.7 Å². The van der Waals surface area contributed by atoms with Crippen LogP contribution < -0.4 is 0 Å². The lowest BCUT2D eigenvalue weighted by atomic mass is 10.3. The summed E-state index contributed by atoms with van der Waals surface area (Å²) in [4.78, 5) is 13.0. The van der Waals surface area contributed by atoms with Crippen molar-refractivity contribution in [2.24, 2.45) is 0 Å². The van der Waals surface area contributed by atoms with Gasteiger partial charge in [0.1, 0.15) is 11.5 Å². The Bertz CT molecular complexity index is 615. The molecule has 2 rings (SSSR count). The maximum Gasteiger partial charge on any atom is 0.192 e. The molecule has 0 saturated heterocycles. The Morgan fingerprint density at radius 3 is 3.00 bits per heavy atom. The third-order valence-corrected chi connectivity index (χ3v) is 4.23. The van der Waals surface area contributed by atoms with Gasteiger partial charge < -0.3 is 0 Å². The molecule has 0 aliphatic carbocycles. The van der Waals surface area contributed by atoms with E-state index in [1.165, 1.54) is 23.9 Å². The van der Waals surface area contributed by atoms with Crippen LogP contribution in [0.4, 0.5) is 4.39 Å². The molecule has 6 heteroatoms. The lowest BCUT2D eigenvalue weighted by molar-refractivity contribution is 0.101. The van der Waals surface area contributed by atoms with E-state index >= 15 is 0 Å². The largest absolute Gasteiger partial charge is 0.291 e. The first-order chi connectivity index (χ1) is 9.61. The third kappa shape index (κ3) is 3.70. The van der Waals surface area contributed by atoms with Crippen LogP contribution in [0.1, 0.15) is 23.8 Å². The molecule has 20 heavy (non-hydrogen) atoms. The Labute approximate surface area is 129 Å². The van der Waals surface area contributed by atoms with Crippen molar-refractivity contribution in [2.45, 2.75) is 24.8 Å². The number of hydrogen-bond acceptors (Lipinski definition) is 3. The van der Waals surface area contributed by atoms with Gasteiger partial charge in [0, 0.05) is 11.4 Å². The van der Waals surface area contributed by atoms with Crippen molar-refractivity contribution >= 4 is 33.5 Å². The standard InChI is InChI=1S/C14H14BrFN2OS/c1-2-6-18-14(12(15)8-17-18)13(19)9-20-11-5-3-4-10(16)7-11/h3-5,7-8H,2,6,9H2,1H3. The van der Waals surface area contributed by atoms with Crippen LogP contribution in [-0.2, 0) is 6.54 Å². The van der Waals surface area contributed by atoms with Crippen LogP contribution in [0.2, 0.25) is 0 Å². The van der Waals surface area contributed by atoms with Gasteiger partial charge in [0.25, 0.3) is 0 Å². The van der Waals surface area contributed by atoms with Crippen molar-refractivity contribution in [3.8, 4) is 0 Å². The van der Waals surface area contributed by atoms with Crippen LogP contribution in [-0.4, -0.2) is 21.3 Å². The van der Waals surface area contributed by atoms with Gasteiger partial charge >= 0.3 is 0 Å². The molecule has 0 spiro atoms. The van der Waals surface area contributed by atoms with E-state index in [2.05, 4.69) is 21.0 Å². The monoisotopic (exact) mass is 356 g/mol. The molecule has 0 fully saturated rings. The maximum absolute atomic E-state index is 13.1. The summed E-state index contributed by atoms with van der Waals surface area (Å²) in [7, 11) is 0. The summed E-state index contributed by atoms with van der Waals surface area (Å²) in [6, 6.07) is 6.24. The fraction of sp³-hybridized carbons (Fsp3) is 0.286. The van der Waals surface area contributed by atoms with Gasteiger partial charge in [0.15, 0.2) is 5.78 Å². The van der Waals surface area contributed by atoms with Crippen LogP contribution in [0.5, 0.6) is 0 Å². The van der Waals surface area contributed by atoms with Crippen LogP contribution in [0, 0.1) is 5.82 Å². The van der Waals surface area contributed by atoms with Gasteiger partial charge in [0.2, 0.25) is 0 Å². The summed E-state index contributed by atoms with van der Waals surface area (Å²) in [6.07, 6.45) is 2.54. The summed E-state index contributed by atoms with van der Waals surface area (Å²) in [5, 5.41) is 4.18. The topological polar surface area (TPSA) is 34.9 Å². The van der Waals surface area contributed by atoms with Crippen LogP contribution >= 0.6 is 27.7 Å². The second kappa shape index (κ2) is 7.04. The molecule has 1 heterocycles. The number of halogens is 2. The minimum Gasteiger partial charge on any atom is -0.291 e. The third-order valence-electron chi connectivity index (χ3n) is 2.66. The highest BCUT2D eigenvalue weighted by atomic mass is 79.9. The Morgan fingerprint density at radius 1 is 1.50 bits per heavy atom. The van der Waals surface area contributed by atoms with Crippen molar-refractivity contribution in [3.05, 3.63) is 46.4 Å². The normalized spacial score (nSPS) is 10.8. The van der Waals surface area contributed by atoms with E-state index in [4.69, 9.17) is 0 Å². The first-order valence-electron chi connectivity index (χ1n) is 6.24. The van der Waals surface area contributed by atoms with Crippen molar-refractivity contribution in [1.29, 1.82) is 0 Å². The Hall–Kier alpha value is -1.14. The van der Waals surface area contributed by atoms with Crippen LogP contribution in [0.25, 0.3) is 0 Å². The smallest absolute Gasteiger partial charge is 0.192 e. The molecule has 0 saturated carbocycles. The van der Waals surface area contributed by atoms with Crippen molar-refractivity contribution < 1.29 is 9.18 Å². The molecule has 0 N–H and O–H groups in total. The zero-order valence-corrected chi connectivity index (χ0v) is 13.4.